The van der Waals surface area contributed by atoms with Gasteiger partial charge < -0.3 is 15.5 Å². The van der Waals surface area contributed by atoms with Crippen molar-refractivity contribution in [3.05, 3.63) is 29.8 Å². The molecule has 0 aliphatic carbocycles. The molecule has 1 aromatic rings. The molecule has 30 heavy (non-hydrogen) atoms. The molecule has 2 aliphatic rings. The summed E-state index contributed by atoms with van der Waals surface area (Å²) >= 11 is 1.39. The molecule has 0 unspecified atom stereocenters. The highest BCUT2D eigenvalue weighted by Crippen LogP contribution is 2.29. The topological polar surface area (TPSA) is 90.9 Å². The fourth-order valence-electron chi connectivity index (χ4n) is 3.49. The summed E-state index contributed by atoms with van der Waals surface area (Å²) in [7, 11) is 0. The van der Waals surface area contributed by atoms with Crippen molar-refractivity contribution in [2.45, 2.75) is 57.1 Å². The van der Waals surface area contributed by atoms with Crippen LogP contribution in [0.2, 0.25) is 0 Å². The highest BCUT2D eigenvalue weighted by molar-refractivity contribution is 8.15. The lowest BCUT2D eigenvalue weighted by molar-refractivity contribution is -0.121. The number of amidine groups is 1. The lowest BCUT2D eigenvalue weighted by Gasteiger charge is -2.27. The zero-order valence-electron chi connectivity index (χ0n) is 17.5. The van der Waals surface area contributed by atoms with E-state index in [0.717, 1.165) is 50.4 Å². The van der Waals surface area contributed by atoms with Crippen molar-refractivity contribution in [2.75, 3.05) is 25.0 Å². The van der Waals surface area contributed by atoms with Gasteiger partial charge in [0.1, 0.15) is 5.25 Å². The zero-order chi connectivity index (χ0) is 21.3. The smallest absolute Gasteiger partial charge is 0.262 e. The van der Waals surface area contributed by atoms with E-state index in [4.69, 9.17) is 0 Å². The van der Waals surface area contributed by atoms with Crippen LogP contribution < -0.4 is 10.6 Å². The molecule has 0 aromatic heterocycles. The molecule has 2 N–H and O–H groups in total. The first kappa shape index (κ1) is 22.3. The molecular formula is C22H30N4O3S. The predicted octanol–water partition coefficient (Wildman–Crippen LogP) is 3.42. The minimum atomic E-state index is -0.463. The molecule has 3 amide bonds. The normalized spacial score (nSPS) is 18.8. The average molecular weight is 431 g/mol. The van der Waals surface area contributed by atoms with Gasteiger partial charge in [0, 0.05) is 37.3 Å². The van der Waals surface area contributed by atoms with Crippen molar-refractivity contribution < 1.29 is 14.4 Å². The zero-order valence-corrected chi connectivity index (χ0v) is 18.3. The second-order valence-electron chi connectivity index (χ2n) is 7.68. The molecule has 1 atom stereocenters. The van der Waals surface area contributed by atoms with E-state index in [9.17, 15) is 14.4 Å². The Morgan fingerprint density at radius 1 is 1.13 bits per heavy atom. The van der Waals surface area contributed by atoms with E-state index in [2.05, 4.69) is 27.4 Å². The van der Waals surface area contributed by atoms with Crippen LogP contribution in [0.4, 0.5) is 5.69 Å². The molecule has 0 saturated carbocycles. The minimum Gasteiger partial charge on any atom is -0.352 e. The molecule has 0 radical (unpaired) electrons. The number of hydrogen-bond donors (Lipinski definition) is 2. The number of amides is 3. The molecule has 8 heteroatoms. The van der Waals surface area contributed by atoms with E-state index >= 15 is 0 Å². The van der Waals surface area contributed by atoms with Gasteiger partial charge in [0.15, 0.2) is 5.17 Å². The van der Waals surface area contributed by atoms with Gasteiger partial charge in [-0.25, -0.2) is 0 Å². The van der Waals surface area contributed by atoms with Gasteiger partial charge >= 0.3 is 0 Å². The first-order chi connectivity index (χ1) is 14.6. The number of aliphatic imine (C=N–C) groups is 1. The van der Waals surface area contributed by atoms with Gasteiger partial charge in [-0.3, -0.25) is 14.4 Å². The van der Waals surface area contributed by atoms with Gasteiger partial charge in [-0.05, 0) is 49.9 Å². The van der Waals surface area contributed by atoms with Crippen LogP contribution in [0.25, 0.3) is 0 Å². The van der Waals surface area contributed by atoms with Gasteiger partial charge in [0.2, 0.25) is 5.91 Å². The highest BCUT2D eigenvalue weighted by atomic mass is 32.2. The molecule has 1 aromatic carbocycles. The molecule has 0 bridgehead atoms. The van der Waals surface area contributed by atoms with Crippen LogP contribution in [0.1, 0.15) is 62.2 Å². The summed E-state index contributed by atoms with van der Waals surface area (Å²) in [6, 6.07) is 6.80. The molecule has 2 aliphatic heterocycles. The third-order valence-corrected chi connectivity index (χ3v) is 6.44. The highest BCUT2D eigenvalue weighted by Gasteiger charge is 2.33. The van der Waals surface area contributed by atoms with E-state index in [1.165, 1.54) is 18.2 Å². The van der Waals surface area contributed by atoms with E-state index < -0.39 is 5.25 Å². The first-order valence-electron chi connectivity index (χ1n) is 10.8. The van der Waals surface area contributed by atoms with Crippen LogP contribution in [0.3, 0.4) is 0 Å². The standard InChI is InChI=1S/C22H30N4O3S/c1-2-3-5-12-23-20(28)16-8-10-17(11-9-16)24-19(27)15-18-21(29)25-22(30-18)26-13-6-4-7-14-26/h8-11,18H,2-7,12-15H2,1H3,(H,23,28)(H,24,27)/t18-/m1/s1. The second-order valence-corrected chi connectivity index (χ2v) is 8.85. The number of likely N-dealkylation sites (tertiary alicyclic amines) is 1. The maximum atomic E-state index is 12.4. The minimum absolute atomic E-state index is 0.0873. The number of thioether (sulfide) groups is 1. The summed E-state index contributed by atoms with van der Waals surface area (Å²) < 4.78 is 0. The molecule has 1 fully saturated rings. The number of carbonyl (C=O) groups excluding carboxylic acids is 3. The SMILES string of the molecule is CCCCCNC(=O)c1ccc(NC(=O)C[C@H]2SC(N3CCCCC3)=NC2=O)cc1. The Kier molecular flexibility index (Phi) is 8.30. The van der Waals surface area contributed by atoms with E-state index in [1.807, 2.05) is 0 Å². The van der Waals surface area contributed by atoms with Crippen molar-refractivity contribution in [3.8, 4) is 0 Å². The summed E-state index contributed by atoms with van der Waals surface area (Å²) in [5.41, 5.74) is 1.17. The Balaban J connectivity index is 1.45. The predicted molar refractivity (Wildman–Crippen MR) is 121 cm³/mol. The summed E-state index contributed by atoms with van der Waals surface area (Å²) in [4.78, 5) is 43.0. The van der Waals surface area contributed by atoms with Gasteiger partial charge in [0.25, 0.3) is 11.8 Å². The monoisotopic (exact) mass is 430 g/mol. The number of hydrogen-bond acceptors (Lipinski definition) is 5. The number of nitrogens with zero attached hydrogens (tertiary/aromatic N) is 2. The van der Waals surface area contributed by atoms with E-state index in [1.54, 1.807) is 24.3 Å². The fourth-order valence-corrected chi connectivity index (χ4v) is 4.61. The maximum Gasteiger partial charge on any atom is 0.262 e. The number of benzene rings is 1. The summed E-state index contributed by atoms with van der Waals surface area (Å²) in [6.45, 7) is 4.64. The van der Waals surface area contributed by atoms with Crippen LogP contribution in [0, 0.1) is 0 Å². The van der Waals surface area contributed by atoms with Crippen molar-refractivity contribution >= 4 is 40.3 Å². The number of nitrogens with one attached hydrogen (secondary N) is 2. The molecule has 0 spiro atoms. The Bertz CT molecular complexity index is 788. The number of rotatable bonds is 8. The summed E-state index contributed by atoms with van der Waals surface area (Å²) in [5, 5.41) is 6.00. The second kappa shape index (κ2) is 11.2. The Morgan fingerprint density at radius 3 is 2.57 bits per heavy atom. The average Bonchev–Trinajstić information content (AvgIpc) is 3.12. The molecule has 162 valence electrons. The van der Waals surface area contributed by atoms with Crippen LogP contribution in [0.5, 0.6) is 0 Å². The molecule has 2 heterocycles. The first-order valence-corrected chi connectivity index (χ1v) is 11.7. The van der Waals surface area contributed by atoms with Crippen LogP contribution >= 0.6 is 11.8 Å². The fraction of sp³-hybridized carbons (Fsp3) is 0.545. The van der Waals surface area contributed by atoms with Crippen molar-refractivity contribution in [2.24, 2.45) is 4.99 Å². The number of anilines is 1. The Morgan fingerprint density at radius 2 is 1.87 bits per heavy atom. The molecule has 7 nitrogen and oxygen atoms in total. The van der Waals surface area contributed by atoms with Gasteiger partial charge in [-0.15, -0.1) is 0 Å². The lowest BCUT2D eigenvalue weighted by atomic mass is 10.1. The Hall–Kier alpha value is -2.35. The number of piperidine rings is 1. The van der Waals surface area contributed by atoms with E-state index in [-0.39, 0.29) is 24.1 Å². The third-order valence-electron chi connectivity index (χ3n) is 5.22. The molecule has 1 saturated heterocycles. The van der Waals surface area contributed by atoms with Gasteiger partial charge in [-0.2, -0.15) is 4.99 Å². The summed E-state index contributed by atoms with van der Waals surface area (Å²) in [6.07, 6.45) is 6.71. The maximum absolute atomic E-state index is 12.4. The number of carbonyl (C=O) groups is 3. The van der Waals surface area contributed by atoms with Crippen molar-refractivity contribution in [3.63, 3.8) is 0 Å². The Labute approximate surface area is 182 Å². The number of unbranched alkanes of at least 4 members (excludes halogenated alkanes) is 2. The largest absolute Gasteiger partial charge is 0.352 e. The lowest BCUT2D eigenvalue weighted by Crippen LogP contribution is -2.33. The van der Waals surface area contributed by atoms with Crippen molar-refractivity contribution in [1.82, 2.24) is 10.2 Å². The van der Waals surface area contributed by atoms with Crippen LogP contribution in [0.15, 0.2) is 29.3 Å². The third kappa shape index (κ3) is 6.32. The summed E-state index contributed by atoms with van der Waals surface area (Å²) in [5.74, 6) is -0.571. The van der Waals surface area contributed by atoms with Gasteiger partial charge in [-0.1, -0.05) is 31.5 Å². The van der Waals surface area contributed by atoms with Crippen LogP contribution in [-0.2, 0) is 9.59 Å². The van der Waals surface area contributed by atoms with Crippen molar-refractivity contribution in [1.29, 1.82) is 0 Å². The molecular weight excluding hydrogens is 400 g/mol. The quantitative estimate of drug-likeness (QED) is 0.617. The molecule has 3 rings (SSSR count). The van der Waals surface area contributed by atoms with Crippen LogP contribution in [-0.4, -0.2) is 52.7 Å². The van der Waals surface area contributed by atoms with Gasteiger partial charge in [0.05, 0.1) is 0 Å². The van der Waals surface area contributed by atoms with E-state index in [0.29, 0.717) is 17.8 Å².